The van der Waals surface area contributed by atoms with Crippen LogP contribution in [0.5, 0.6) is 11.5 Å². The molecule has 37 heavy (non-hydrogen) atoms. The van der Waals surface area contributed by atoms with Crippen molar-refractivity contribution in [2.24, 2.45) is 0 Å². The fourth-order valence-electron chi connectivity index (χ4n) is 3.66. The third-order valence-corrected chi connectivity index (χ3v) is 5.95. The summed E-state index contributed by atoms with van der Waals surface area (Å²) in [6.45, 7) is 10.4. The molecule has 6 heteroatoms. The summed E-state index contributed by atoms with van der Waals surface area (Å²) in [6, 6.07) is 20.5. The van der Waals surface area contributed by atoms with Gasteiger partial charge in [0.15, 0.2) is 5.78 Å². The van der Waals surface area contributed by atoms with Crippen molar-refractivity contribution in [3.8, 4) is 11.5 Å². The first kappa shape index (κ1) is 27.7. The van der Waals surface area contributed by atoms with Crippen LogP contribution in [0.2, 0.25) is 0 Å². The summed E-state index contributed by atoms with van der Waals surface area (Å²) in [4.78, 5) is 37.5. The number of Topliss-reactive ketones (excluding diaryl/α,β-unsaturated/α-hetero) is 1. The van der Waals surface area contributed by atoms with E-state index in [0.29, 0.717) is 35.7 Å². The maximum Gasteiger partial charge on any atom is 0.343 e. The zero-order valence-corrected chi connectivity index (χ0v) is 22.2. The Morgan fingerprint density at radius 1 is 0.811 bits per heavy atom. The summed E-state index contributed by atoms with van der Waals surface area (Å²) < 4.78 is 11.0. The molecule has 0 spiro atoms. The minimum atomic E-state index is -0.670. The average Bonchev–Trinajstić information content (AvgIpc) is 2.87. The lowest BCUT2D eigenvalue weighted by atomic mass is 9.86. The molecule has 3 aromatic rings. The quantitative estimate of drug-likeness (QED) is 0.275. The number of carbonyl (C=O) groups is 3. The molecule has 0 fully saturated rings. The Kier molecular flexibility index (Phi) is 9.23. The van der Waals surface area contributed by atoms with Crippen LogP contribution in [0.25, 0.3) is 0 Å². The smallest absolute Gasteiger partial charge is 0.343 e. The van der Waals surface area contributed by atoms with E-state index in [1.54, 1.807) is 60.7 Å². The predicted molar refractivity (Wildman–Crippen MR) is 144 cm³/mol. The molecule has 3 aromatic carbocycles. The lowest BCUT2D eigenvalue weighted by Gasteiger charge is -2.20. The molecule has 0 aliphatic carbocycles. The second-order valence-corrected chi connectivity index (χ2v) is 10.1. The first-order valence-corrected chi connectivity index (χ1v) is 12.5. The number of nitrogens with one attached hydrogen (secondary N) is 1. The molecular weight excluding hydrogens is 466 g/mol. The zero-order valence-electron chi connectivity index (χ0n) is 22.2. The van der Waals surface area contributed by atoms with Gasteiger partial charge in [-0.3, -0.25) is 9.59 Å². The third kappa shape index (κ3) is 8.04. The van der Waals surface area contributed by atoms with Crippen molar-refractivity contribution in [2.75, 3.05) is 6.61 Å². The van der Waals surface area contributed by atoms with E-state index in [1.165, 1.54) is 6.92 Å². The summed E-state index contributed by atoms with van der Waals surface area (Å²) in [7, 11) is 0. The van der Waals surface area contributed by atoms with Crippen LogP contribution in [0.3, 0.4) is 0 Å². The molecule has 3 rings (SSSR count). The Morgan fingerprint density at radius 3 is 1.92 bits per heavy atom. The van der Waals surface area contributed by atoms with Crippen LogP contribution in [-0.4, -0.2) is 30.3 Å². The van der Waals surface area contributed by atoms with Crippen molar-refractivity contribution in [2.45, 2.75) is 58.9 Å². The van der Waals surface area contributed by atoms with Crippen molar-refractivity contribution in [3.05, 3.63) is 95.1 Å². The van der Waals surface area contributed by atoms with Crippen LogP contribution in [-0.2, 0) is 16.6 Å². The Hall–Kier alpha value is -3.93. The zero-order chi connectivity index (χ0) is 27.0. The monoisotopic (exact) mass is 501 g/mol. The first-order chi connectivity index (χ1) is 17.6. The highest BCUT2D eigenvalue weighted by atomic mass is 16.5. The van der Waals surface area contributed by atoms with E-state index in [0.717, 1.165) is 17.5 Å². The van der Waals surface area contributed by atoms with Crippen molar-refractivity contribution in [3.63, 3.8) is 0 Å². The lowest BCUT2D eigenvalue weighted by molar-refractivity contribution is -0.118. The molecule has 6 nitrogen and oxygen atoms in total. The van der Waals surface area contributed by atoms with Gasteiger partial charge >= 0.3 is 5.97 Å². The van der Waals surface area contributed by atoms with E-state index < -0.39 is 12.0 Å². The topological polar surface area (TPSA) is 81.7 Å². The molecule has 0 aromatic heterocycles. The summed E-state index contributed by atoms with van der Waals surface area (Å²) in [5.74, 6) is 0.194. The summed E-state index contributed by atoms with van der Waals surface area (Å²) in [6.07, 6.45) is 1.24. The Labute approximate surface area is 219 Å². The summed E-state index contributed by atoms with van der Waals surface area (Å²) in [5, 5.41) is 2.84. The number of amides is 1. The number of ether oxygens (including phenoxy) is 2. The van der Waals surface area contributed by atoms with Gasteiger partial charge in [-0.1, -0.05) is 52.0 Å². The number of hydrogen-bond acceptors (Lipinski definition) is 5. The van der Waals surface area contributed by atoms with E-state index in [-0.39, 0.29) is 17.1 Å². The van der Waals surface area contributed by atoms with E-state index >= 15 is 0 Å². The van der Waals surface area contributed by atoms with Crippen LogP contribution in [0, 0.1) is 0 Å². The molecular formula is C31H35NO5. The largest absolute Gasteiger partial charge is 0.494 e. The van der Waals surface area contributed by atoms with Crippen molar-refractivity contribution < 1.29 is 23.9 Å². The Balaban J connectivity index is 1.59. The van der Waals surface area contributed by atoms with Crippen LogP contribution < -0.4 is 14.8 Å². The molecule has 1 N–H and O–H groups in total. The average molecular weight is 502 g/mol. The van der Waals surface area contributed by atoms with Gasteiger partial charge in [-0.15, -0.1) is 0 Å². The Bertz CT molecular complexity index is 1210. The first-order valence-electron chi connectivity index (χ1n) is 12.5. The fourth-order valence-corrected chi connectivity index (χ4v) is 3.66. The second-order valence-electron chi connectivity index (χ2n) is 10.1. The van der Waals surface area contributed by atoms with Crippen LogP contribution in [0.15, 0.2) is 72.8 Å². The molecule has 194 valence electrons. The third-order valence-electron chi connectivity index (χ3n) is 5.95. The van der Waals surface area contributed by atoms with Gasteiger partial charge in [0.2, 0.25) is 0 Å². The fraction of sp³-hybridized carbons (Fsp3) is 0.323. The standard InChI is InChI=1S/C31H35NO5/c1-6-19-36-26-17-11-24(12-18-26)30(35)37-27-15-7-22(8-16-27)20-28(21(2)33)32-29(34)23-9-13-25(14-10-23)31(3,4)5/h7-18,28H,6,19-20H2,1-5H3,(H,32,34)/t28-/m0/s1. The van der Waals surface area contributed by atoms with Crippen molar-refractivity contribution in [1.82, 2.24) is 5.32 Å². The van der Waals surface area contributed by atoms with Crippen molar-refractivity contribution >= 4 is 17.7 Å². The molecule has 1 atom stereocenters. The molecule has 1 amide bonds. The number of hydrogen-bond donors (Lipinski definition) is 1. The van der Waals surface area contributed by atoms with Crippen LogP contribution in [0.1, 0.15) is 72.9 Å². The molecule has 0 unspecified atom stereocenters. The molecule has 0 aliphatic rings. The summed E-state index contributed by atoms with van der Waals surface area (Å²) in [5.41, 5.74) is 2.88. The minimum absolute atomic E-state index is 0.00868. The normalized spacial score (nSPS) is 11.9. The van der Waals surface area contributed by atoms with E-state index in [4.69, 9.17) is 9.47 Å². The number of esters is 1. The van der Waals surface area contributed by atoms with Crippen molar-refractivity contribution in [1.29, 1.82) is 0 Å². The summed E-state index contributed by atoms with van der Waals surface area (Å²) >= 11 is 0. The molecule has 0 aliphatic heterocycles. The number of carbonyl (C=O) groups excluding carboxylic acids is 3. The predicted octanol–water partition coefficient (Wildman–Crippen LogP) is 5.92. The van der Waals surface area contributed by atoms with Gasteiger partial charge in [0.25, 0.3) is 5.91 Å². The maximum atomic E-state index is 12.8. The SMILES string of the molecule is CCCOc1ccc(C(=O)Oc2ccc(C[C@H](NC(=O)c3ccc(C(C)(C)C)cc3)C(C)=O)cc2)cc1. The molecule has 0 saturated heterocycles. The van der Waals surface area contributed by atoms with Gasteiger partial charge in [0, 0.05) is 5.56 Å². The number of ketones is 1. The van der Waals surface area contributed by atoms with E-state index in [2.05, 4.69) is 26.1 Å². The van der Waals surface area contributed by atoms with Gasteiger partial charge in [-0.05, 0) is 84.8 Å². The number of benzene rings is 3. The highest BCUT2D eigenvalue weighted by Crippen LogP contribution is 2.22. The number of rotatable bonds is 10. The van der Waals surface area contributed by atoms with E-state index in [1.807, 2.05) is 19.1 Å². The maximum absolute atomic E-state index is 12.8. The highest BCUT2D eigenvalue weighted by Gasteiger charge is 2.20. The Morgan fingerprint density at radius 2 is 1.38 bits per heavy atom. The lowest BCUT2D eigenvalue weighted by Crippen LogP contribution is -2.41. The van der Waals surface area contributed by atoms with Gasteiger partial charge in [-0.25, -0.2) is 4.79 Å². The van der Waals surface area contributed by atoms with Gasteiger partial charge < -0.3 is 14.8 Å². The molecule has 0 saturated carbocycles. The van der Waals surface area contributed by atoms with Gasteiger partial charge in [0.05, 0.1) is 18.2 Å². The second kappa shape index (κ2) is 12.3. The highest BCUT2D eigenvalue weighted by molar-refractivity contribution is 5.97. The molecule has 0 heterocycles. The molecule has 0 bridgehead atoms. The van der Waals surface area contributed by atoms with E-state index in [9.17, 15) is 14.4 Å². The minimum Gasteiger partial charge on any atom is -0.494 e. The molecule has 0 radical (unpaired) electrons. The van der Waals surface area contributed by atoms with Crippen LogP contribution in [0.4, 0.5) is 0 Å². The van der Waals surface area contributed by atoms with Gasteiger partial charge in [-0.2, -0.15) is 0 Å². The van der Waals surface area contributed by atoms with Crippen LogP contribution >= 0.6 is 0 Å². The van der Waals surface area contributed by atoms with Gasteiger partial charge in [0.1, 0.15) is 11.5 Å².